The number of nitrogens with zero attached hydrogens (tertiary/aromatic N) is 2. The molecule has 2 rings (SSSR count). The summed E-state index contributed by atoms with van der Waals surface area (Å²) in [4.78, 5) is 16.1. The Hall–Kier alpha value is -1.39. The molecule has 1 aromatic rings. The minimum atomic E-state index is -0.361. The van der Waals surface area contributed by atoms with E-state index in [-0.39, 0.29) is 16.9 Å². The van der Waals surface area contributed by atoms with Crippen LogP contribution < -0.4 is 5.32 Å². The molecule has 0 unspecified atom stereocenters. The van der Waals surface area contributed by atoms with Crippen molar-refractivity contribution >= 4 is 5.91 Å². The highest BCUT2D eigenvalue weighted by Crippen LogP contribution is 2.39. The molecule has 0 aliphatic heterocycles. The molecule has 0 radical (unpaired) electrons. The highest BCUT2D eigenvalue weighted by atomic mass is 16.5. The summed E-state index contributed by atoms with van der Waals surface area (Å²) in [5.41, 5.74) is -0.510. The van der Waals surface area contributed by atoms with Gasteiger partial charge >= 0.3 is 0 Å². The molecule has 0 bridgehead atoms. The molecular weight excluding hydrogens is 218 g/mol. The lowest BCUT2D eigenvalue weighted by atomic mass is 9.94. The summed E-state index contributed by atoms with van der Waals surface area (Å²) in [6, 6.07) is 0. The molecule has 1 amide bonds. The van der Waals surface area contributed by atoms with Crippen LogP contribution >= 0.6 is 0 Å². The normalized spacial score (nSPS) is 17.9. The average Bonchev–Trinajstić information content (AvgIpc) is 2.81. The van der Waals surface area contributed by atoms with Gasteiger partial charge in [0.15, 0.2) is 5.82 Å². The Labute approximate surface area is 101 Å². The number of hydrogen-bond donors (Lipinski definition) is 1. The maximum absolute atomic E-state index is 11.9. The van der Waals surface area contributed by atoms with Crippen LogP contribution in [0.15, 0.2) is 4.52 Å². The summed E-state index contributed by atoms with van der Waals surface area (Å²) in [6.07, 6.45) is 2.60. The van der Waals surface area contributed by atoms with Crippen LogP contribution in [0.25, 0.3) is 0 Å². The molecule has 0 aromatic carbocycles. The summed E-state index contributed by atoms with van der Waals surface area (Å²) >= 11 is 0. The molecule has 0 atom stereocenters. The number of rotatable bonds is 3. The summed E-state index contributed by atoms with van der Waals surface area (Å²) in [6.45, 7) is 7.53. The number of hydrogen-bond acceptors (Lipinski definition) is 4. The number of amides is 1. The summed E-state index contributed by atoms with van der Waals surface area (Å²) < 4.78 is 5.09. The van der Waals surface area contributed by atoms with Crippen molar-refractivity contribution in [3.63, 3.8) is 0 Å². The van der Waals surface area contributed by atoms with Crippen LogP contribution in [0.1, 0.15) is 45.3 Å². The van der Waals surface area contributed by atoms with Gasteiger partial charge in [-0.25, -0.2) is 0 Å². The van der Waals surface area contributed by atoms with E-state index in [1.165, 1.54) is 0 Å². The van der Waals surface area contributed by atoms with Crippen molar-refractivity contribution in [2.75, 3.05) is 0 Å². The standard InChI is InChI=1S/C12H19N3O2/c1-8-13-9(17-15-8)7-12(5-6-12)14-10(16)11(2,3)4/h5-7H2,1-4H3,(H,14,16). The van der Waals surface area contributed by atoms with E-state index in [1.54, 1.807) is 6.92 Å². The van der Waals surface area contributed by atoms with Gasteiger partial charge in [-0.3, -0.25) is 4.79 Å². The lowest BCUT2D eigenvalue weighted by Crippen LogP contribution is -2.44. The predicted molar refractivity (Wildman–Crippen MR) is 62.3 cm³/mol. The van der Waals surface area contributed by atoms with E-state index in [2.05, 4.69) is 15.5 Å². The van der Waals surface area contributed by atoms with E-state index < -0.39 is 0 Å². The van der Waals surface area contributed by atoms with Gasteiger partial charge in [0.05, 0.1) is 6.42 Å². The van der Waals surface area contributed by atoms with Crippen molar-refractivity contribution in [1.82, 2.24) is 15.5 Å². The molecule has 1 aliphatic carbocycles. The fourth-order valence-corrected chi connectivity index (χ4v) is 1.63. The molecule has 0 saturated heterocycles. The molecule has 1 heterocycles. The van der Waals surface area contributed by atoms with E-state index in [9.17, 15) is 4.79 Å². The van der Waals surface area contributed by atoms with Gasteiger partial charge in [-0.05, 0) is 19.8 Å². The number of nitrogens with one attached hydrogen (secondary N) is 1. The van der Waals surface area contributed by atoms with Gasteiger partial charge in [-0.2, -0.15) is 4.98 Å². The fourth-order valence-electron chi connectivity index (χ4n) is 1.63. The van der Waals surface area contributed by atoms with Crippen molar-refractivity contribution < 1.29 is 9.32 Å². The van der Waals surface area contributed by atoms with E-state index >= 15 is 0 Å². The summed E-state index contributed by atoms with van der Waals surface area (Å²) in [5.74, 6) is 1.32. The maximum Gasteiger partial charge on any atom is 0.228 e. The second-order valence-electron chi connectivity index (χ2n) is 5.90. The third-order valence-electron chi connectivity index (χ3n) is 2.97. The molecule has 1 fully saturated rings. The number of carbonyl (C=O) groups excluding carboxylic acids is 1. The SMILES string of the molecule is Cc1noc(CC2(NC(=O)C(C)(C)C)CC2)n1. The van der Waals surface area contributed by atoms with Crippen molar-refractivity contribution in [2.24, 2.45) is 5.41 Å². The van der Waals surface area contributed by atoms with Gasteiger partial charge in [0.1, 0.15) is 0 Å². The molecular formula is C12H19N3O2. The van der Waals surface area contributed by atoms with Gasteiger partial charge in [0.2, 0.25) is 11.8 Å². The van der Waals surface area contributed by atoms with E-state index in [4.69, 9.17) is 4.52 Å². The van der Waals surface area contributed by atoms with Crippen LogP contribution in [-0.4, -0.2) is 21.6 Å². The minimum absolute atomic E-state index is 0.0752. The number of carbonyl (C=O) groups is 1. The average molecular weight is 237 g/mol. The Morgan fingerprint density at radius 1 is 1.47 bits per heavy atom. The lowest BCUT2D eigenvalue weighted by molar-refractivity contribution is -0.129. The smallest absolute Gasteiger partial charge is 0.228 e. The first-order valence-electron chi connectivity index (χ1n) is 5.93. The molecule has 1 N–H and O–H groups in total. The van der Waals surface area contributed by atoms with Crippen LogP contribution in [0.2, 0.25) is 0 Å². The van der Waals surface area contributed by atoms with Gasteiger partial charge in [-0.15, -0.1) is 0 Å². The van der Waals surface area contributed by atoms with Crippen molar-refractivity contribution in [3.05, 3.63) is 11.7 Å². The Morgan fingerprint density at radius 2 is 2.12 bits per heavy atom. The molecule has 1 saturated carbocycles. The highest BCUT2D eigenvalue weighted by Gasteiger charge is 2.46. The van der Waals surface area contributed by atoms with E-state index in [1.807, 2.05) is 20.8 Å². The molecule has 17 heavy (non-hydrogen) atoms. The minimum Gasteiger partial charge on any atom is -0.350 e. The maximum atomic E-state index is 11.9. The van der Waals surface area contributed by atoms with Gasteiger partial charge in [-0.1, -0.05) is 25.9 Å². The number of aromatic nitrogens is 2. The first kappa shape index (κ1) is 12.1. The Kier molecular flexibility index (Phi) is 2.72. The molecule has 5 heteroatoms. The van der Waals surface area contributed by atoms with Crippen LogP contribution in [0.4, 0.5) is 0 Å². The second-order valence-corrected chi connectivity index (χ2v) is 5.90. The molecule has 0 spiro atoms. The van der Waals surface area contributed by atoms with Crippen LogP contribution in [0.3, 0.4) is 0 Å². The Morgan fingerprint density at radius 3 is 2.53 bits per heavy atom. The third-order valence-corrected chi connectivity index (χ3v) is 2.97. The van der Waals surface area contributed by atoms with Crippen molar-refractivity contribution in [3.8, 4) is 0 Å². The monoisotopic (exact) mass is 237 g/mol. The van der Waals surface area contributed by atoms with Gasteiger partial charge < -0.3 is 9.84 Å². The van der Waals surface area contributed by atoms with Gasteiger partial charge in [0, 0.05) is 11.0 Å². The quantitative estimate of drug-likeness (QED) is 0.867. The van der Waals surface area contributed by atoms with Crippen LogP contribution in [-0.2, 0) is 11.2 Å². The van der Waals surface area contributed by atoms with Crippen molar-refractivity contribution in [1.29, 1.82) is 0 Å². The topological polar surface area (TPSA) is 68.0 Å². The Bertz CT molecular complexity index is 427. The number of aryl methyl sites for hydroxylation is 1. The zero-order chi connectivity index (χ0) is 12.7. The molecule has 94 valence electrons. The third kappa shape index (κ3) is 2.84. The van der Waals surface area contributed by atoms with Crippen LogP contribution in [0.5, 0.6) is 0 Å². The predicted octanol–water partition coefficient (Wildman–Crippen LogP) is 1.62. The Balaban J connectivity index is 1.99. The largest absolute Gasteiger partial charge is 0.350 e. The molecule has 5 nitrogen and oxygen atoms in total. The van der Waals surface area contributed by atoms with E-state index in [0.717, 1.165) is 12.8 Å². The van der Waals surface area contributed by atoms with Gasteiger partial charge in [0.25, 0.3) is 0 Å². The highest BCUT2D eigenvalue weighted by molar-refractivity contribution is 5.82. The second kappa shape index (κ2) is 3.82. The zero-order valence-corrected chi connectivity index (χ0v) is 10.8. The lowest BCUT2D eigenvalue weighted by Gasteiger charge is -2.23. The fraction of sp³-hybridized carbons (Fsp3) is 0.750. The first-order chi connectivity index (χ1) is 7.81. The molecule has 1 aliphatic rings. The summed E-state index contributed by atoms with van der Waals surface area (Å²) in [5, 5.41) is 6.86. The van der Waals surface area contributed by atoms with Crippen LogP contribution in [0, 0.1) is 12.3 Å². The first-order valence-corrected chi connectivity index (χ1v) is 5.93. The summed E-state index contributed by atoms with van der Waals surface area (Å²) in [7, 11) is 0. The van der Waals surface area contributed by atoms with E-state index in [0.29, 0.717) is 18.1 Å². The van der Waals surface area contributed by atoms with Crippen molar-refractivity contribution in [2.45, 2.75) is 52.5 Å². The molecule has 1 aromatic heterocycles. The zero-order valence-electron chi connectivity index (χ0n) is 10.8.